The Morgan fingerprint density at radius 2 is 1.68 bits per heavy atom. The summed E-state index contributed by atoms with van der Waals surface area (Å²) in [7, 11) is -3.67. The lowest BCUT2D eigenvalue weighted by molar-refractivity contribution is 0.383. The van der Waals surface area contributed by atoms with Crippen molar-refractivity contribution in [2.45, 2.75) is 19.6 Å². The summed E-state index contributed by atoms with van der Waals surface area (Å²) in [5, 5.41) is 3.15. The Morgan fingerprint density at radius 3 is 2.29 bits per heavy atom. The summed E-state index contributed by atoms with van der Waals surface area (Å²) in [6.45, 7) is 6.02. The topological polar surface area (TPSA) is 78.4 Å². The van der Waals surface area contributed by atoms with E-state index in [1.165, 1.54) is 4.31 Å². The van der Waals surface area contributed by atoms with Crippen LogP contribution in [-0.4, -0.2) is 55.4 Å². The average Bonchev–Trinajstić information content (AvgIpc) is 2.60. The van der Waals surface area contributed by atoms with Crippen LogP contribution in [0.3, 0.4) is 0 Å². The van der Waals surface area contributed by atoms with E-state index >= 15 is 0 Å². The maximum Gasteiger partial charge on any atom is 0.218 e. The van der Waals surface area contributed by atoms with Gasteiger partial charge >= 0.3 is 0 Å². The first-order valence-electron chi connectivity index (χ1n) is 9.04. The molecule has 28 heavy (non-hydrogen) atoms. The van der Waals surface area contributed by atoms with Crippen LogP contribution in [0.1, 0.15) is 18.3 Å². The van der Waals surface area contributed by atoms with E-state index in [-0.39, 0.29) is 18.7 Å². The van der Waals surface area contributed by atoms with Gasteiger partial charge in [0, 0.05) is 44.9 Å². The van der Waals surface area contributed by atoms with E-state index in [1.54, 1.807) is 0 Å². The van der Waals surface area contributed by atoms with Crippen LogP contribution in [0.5, 0.6) is 0 Å². The van der Waals surface area contributed by atoms with Gasteiger partial charge in [0.05, 0.1) is 5.75 Å². The van der Waals surface area contributed by atoms with Crippen molar-refractivity contribution < 1.29 is 17.2 Å². The van der Waals surface area contributed by atoms with Crippen LogP contribution in [0.25, 0.3) is 0 Å². The minimum Gasteiger partial charge on any atom is -0.370 e. The first-order valence-corrected chi connectivity index (χ1v) is 10.6. The van der Waals surface area contributed by atoms with Gasteiger partial charge in [-0.1, -0.05) is 0 Å². The molecule has 10 heteroatoms. The Balaban J connectivity index is 1.67. The van der Waals surface area contributed by atoms with Gasteiger partial charge in [-0.25, -0.2) is 27.2 Å². The molecular formula is C18H23F2N5O2S. The lowest BCUT2D eigenvalue weighted by Gasteiger charge is -2.34. The molecule has 0 unspecified atom stereocenters. The molecule has 1 fully saturated rings. The average molecular weight is 411 g/mol. The second kappa shape index (κ2) is 8.36. The summed E-state index contributed by atoms with van der Waals surface area (Å²) < 4.78 is 53.3. The van der Waals surface area contributed by atoms with Crippen LogP contribution in [-0.2, 0) is 15.8 Å². The van der Waals surface area contributed by atoms with E-state index in [2.05, 4.69) is 15.3 Å². The third-order valence-corrected chi connectivity index (χ3v) is 6.26. The Hall–Kier alpha value is -2.33. The van der Waals surface area contributed by atoms with Gasteiger partial charge < -0.3 is 10.2 Å². The fraction of sp³-hybridized carbons (Fsp3) is 0.444. The zero-order valence-corrected chi connectivity index (χ0v) is 16.6. The predicted molar refractivity (Wildman–Crippen MR) is 104 cm³/mol. The van der Waals surface area contributed by atoms with Crippen molar-refractivity contribution in [1.82, 2.24) is 14.3 Å². The molecule has 2 aromatic rings. The molecule has 1 aliphatic heterocycles. The van der Waals surface area contributed by atoms with Gasteiger partial charge in [0.2, 0.25) is 10.0 Å². The summed E-state index contributed by atoms with van der Waals surface area (Å²) in [4.78, 5) is 10.8. The monoisotopic (exact) mass is 411 g/mol. The predicted octanol–water partition coefficient (Wildman–Crippen LogP) is 2.15. The summed E-state index contributed by atoms with van der Waals surface area (Å²) >= 11 is 0. The largest absolute Gasteiger partial charge is 0.370 e. The number of aryl methyl sites for hydroxylation is 1. The minimum atomic E-state index is -3.67. The number of benzene rings is 1. The standard InChI is InChI=1S/C18H23F2N5O2S/c1-3-21-17-11-18(23-13(2)22-17)24-4-6-25(7-5-24)28(26,27)12-14-8-15(19)10-16(20)9-14/h8-11H,3-7,12H2,1-2H3,(H,21,22,23). The molecule has 0 bridgehead atoms. The highest BCUT2D eigenvalue weighted by Gasteiger charge is 2.28. The van der Waals surface area contributed by atoms with E-state index < -0.39 is 27.4 Å². The number of piperazine rings is 1. The van der Waals surface area contributed by atoms with Crippen LogP contribution in [0.15, 0.2) is 24.3 Å². The molecule has 1 aromatic heterocycles. The van der Waals surface area contributed by atoms with Crippen LogP contribution in [0.4, 0.5) is 20.4 Å². The van der Waals surface area contributed by atoms with Crippen LogP contribution >= 0.6 is 0 Å². The van der Waals surface area contributed by atoms with Crippen molar-refractivity contribution in [2.75, 3.05) is 42.9 Å². The molecule has 2 heterocycles. The van der Waals surface area contributed by atoms with Gasteiger partial charge in [-0.15, -0.1) is 0 Å². The first kappa shape index (κ1) is 20.4. The molecule has 152 valence electrons. The quantitative estimate of drug-likeness (QED) is 0.785. The Bertz CT molecular complexity index is 927. The zero-order chi connectivity index (χ0) is 20.3. The molecule has 1 N–H and O–H groups in total. The summed E-state index contributed by atoms with van der Waals surface area (Å²) in [5.41, 5.74) is 0.0987. The van der Waals surface area contributed by atoms with Crippen molar-refractivity contribution in [3.8, 4) is 0 Å². The number of sulfonamides is 1. The third kappa shape index (κ3) is 4.93. The molecular weight excluding hydrogens is 388 g/mol. The highest BCUT2D eigenvalue weighted by molar-refractivity contribution is 7.88. The summed E-state index contributed by atoms with van der Waals surface area (Å²) in [6, 6.07) is 4.65. The van der Waals surface area contributed by atoms with Gasteiger partial charge in [0.15, 0.2) is 0 Å². The van der Waals surface area contributed by atoms with Crippen molar-refractivity contribution in [1.29, 1.82) is 0 Å². The van der Waals surface area contributed by atoms with E-state index in [0.717, 1.165) is 36.4 Å². The highest BCUT2D eigenvalue weighted by Crippen LogP contribution is 2.20. The summed E-state index contributed by atoms with van der Waals surface area (Å²) in [6.07, 6.45) is 0. The van der Waals surface area contributed by atoms with E-state index in [9.17, 15) is 17.2 Å². The van der Waals surface area contributed by atoms with E-state index in [4.69, 9.17) is 0 Å². The van der Waals surface area contributed by atoms with E-state index in [1.807, 2.05) is 24.8 Å². The maximum absolute atomic E-state index is 13.3. The van der Waals surface area contributed by atoms with Crippen LogP contribution < -0.4 is 10.2 Å². The second-order valence-electron chi connectivity index (χ2n) is 6.61. The van der Waals surface area contributed by atoms with Gasteiger partial charge in [-0.3, -0.25) is 0 Å². The molecule has 0 aliphatic carbocycles. The number of hydrogen-bond donors (Lipinski definition) is 1. The zero-order valence-electron chi connectivity index (χ0n) is 15.8. The molecule has 0 atom stereocenters. The first-order chi connectivity index (χ1) is 13.3. The fourth-order valence-electron chi connectivity index (χ4n) is 3.18. The maximum atomic E-state index is 13.3. The molecule has 1 aliphatic rings. The molecule has 7 nitrogen and oxygen atoms in total. The number of rotatable bonds is 6. The van der Waals surface area contributed by atoms with Crippen molar-refractivity contribution in [2.24, 2.45) is 0 Å². The fourth-order valence-corrected chi connectivity index (χ4v) is 4.67. The Morgan fingerprint density at radius 1 is 1.04 bits per heavy atom. The second-order valence-corrected chi connectivity index (χ2v) is 8.58. The molecule has 1 saturated heterocycles. The van der Waals surface area contributed by atoms with Crippen LogP contribution in [0, 0.1) is 18.6 Å². The van der Waals surface area contributed by atoms with Gasteiger partial charge in [-0.2, -0.15) is 4.31 Å². The number of aromatic nitrogens is 2. The van der Waals surface area contributed by atoms with Crippen molar-refractivity contribution >= 4 is 21.7 Å². The number of nitrogens with zero attached hydrogens (tertiary/aromatic N) is 4. The smallest absolute Gasteiger partial charge is 0.218 e. The molecule has 0 radical (unpaired) electrons. The van der Waals surface area contributed by atoms with Gasteiger partial charge in [0.25, 0.3) is 0 Å². The highest BCUT2D eigenvalue weighted by atomic mass is 32.2. The molecule has 0 spiro atoms. The number of anilines is 2. The van der Waals surface area contributed by atoms with Gasteiger partial charge in [-0.05, 0) is 31.5 Å². The van der Waals surface area contributed by atoms with Gasteiger partial charge in [0.1, 0.15) is 29.1 Å². The molecule has 3 rings (SSSR count). The Labute approximate surface area is 163 Å². The lowest BCUT2D eigenvalue weighted by Crippen LogP contribution is -2.49. The molecule has 0 amide bonds. The minimum absolute atomic E-state index is 0.0987. The normalized spacial score (nSPS) is 15.6. The van der Waals surface area contributed by atoms with Crippen molar-refractivity contribution in [3.63, 3.8) is 0 Å². The molecule has 0 saturated carbocycles. The van der Waals surface area contributed by atoms with E-state index in [0.29, 0.717) is 18.9 Å². The number of nitrogens with one attached hydrogen (secondary N) is 1. The molecule has 1 aromatic carbocycles. The third-order valence-electron chi connectivity index (χ3n) is 4.41. The number of hydrogen-bond acceptors (Lipinski definition) is 6. The summed E-state index contributed by atoms with van der Waals surface area (Å²) in [5.74, 6) is 0.104. The lowest BCUT2D eigenvalue weighted by atomic mass is 10.2. The van der Waals surface area contributed by atoms with Crippen LogP contribution in [0.2, 0.25) is 0 Å². The number of halogens is 2. The van der Waals surface area contributed by atoms with Crippen molar-refractivity contribution in [3.05, 3.63) is 47.3 Å². The SMILES string of the molecule is CCNc1cc(N2CCN(S(=O)(=O)Cc3cc(F)cc(F)c3)CC2)nc(C)n1. The Kier molecular flexibility index (Phi) is 6.09.